The fourth-order valence-corrected chi connectivity index (χ4v) is 0.340. The largest absolute Gasteiger partial charge is 3.00 e. The molecule has 0 aromatic heterocycles. The minimum absolute atomic E-state index is 0. The summed E-state index contributed by atoms with van der Waals surface area (Å²) in [7, 11) is 0. The Kier molecular flexibility index (Phi) is 96.4. The van der Waals surface area contributed by atoms with Gasteiger partial charge in [-0.1, -0.05) is 41.5 Å². The van der Waals surface area contributed by atoms with Crippen LogP contribution in [0.1, 0.15) is 48.0 Å². The monoisotopic (exact) mass is 350 g/mol. The SMILES string of the molecule is CC(C)[O-].CC(C)[O-].CC(C)[O-].[C-]1=CC=CC1.[CH3-].[CH3-].[CH3-].[CH3-].[Ti+3]. The Morgan fingerprint density at radius 2 is 0.955 bits per heavy atom. The van der Waals surface area contributed by atoms with E-state index in [1.165, 1.54) is 0 Å². The van der Waals surface area contributed by atoms with E-state index < -0.39 is 18.3 Å². The summed E-state index contributed by atoms with van der Waals surface area (Å²) in [5.41, 5.74) is 0. The van der Waals surface area contributed by atoms with Gasteiger partial charge in [-0.2, -0.15) is 6.08 Å². The van der Waals surface area contributed by atoms with Gasteiger partial charge >= 0.3 is 21.7 Å². The van der Waals surface area contributed by atoms with Crippen molar-refractivity contribution in [2.24, 2.45) is 0 Å². The first-order valence-corrected chi connectivity index (χ1v) is 5.89. The van der Waals surface area contributed by atoms with Crippen molar-refractivity contribution in [2.75, 3.05) is 0 Å². The van der Waals surface area contributed by atoms with E-state index >= 15 is 0 Å². The molecule has 1 radical (unpaired) electrons. The van der Waals surface area contributed by atoms with Crippen LogP contribution in [0, 0.1) is 35.8 Å². The normalized spacial score (nSPS) is 8.91. The molecule has 4 heteroatoms. The van der Waals surface area contributed by atoms with Crippen LogP contribution in [0.2, 0.25) is 0 Å². The van der Waals surface area contributed by atoms with Crippen LogP contribution in [0.15, 0.2) is 18.2 Å². The molecule has 22 heavy (non-hydrogen) atoms. The molecule has 0 atom stereocenters. The predicted molar refractivity (Wildman–Crippen MR) is 92.6 cm³/mol. The van der Waals surface area contributed by atoms with Gasteiger partial charge in [-0.05, 0) is 0 Å². The van der Waals surface area contributed by atoms with Gasteiger partial charge in [-0.15, -0.1) is 24.7 Å². The quantitative estimate of drug-likeness (QED) is 0.497. The van der Waals surface area contributed by atoms with Crippen molar-refractivity contribution in [1.82, 2.24) is 0 Å². The summed E-state index contributed by atoms with van der Waals surface area (Å²) < 4.78 is 0. The fourth-order valence-electron chi connectivity index (χ4n) is 0.340. The summed E-state index contributed by atoms with van der Waals surface area (Å²) in [6.45, 7) is 9.67. The van der Waals surface area contributed by atoms with Crippen LogP contribution >= 0.6 is 0 Å². The number of rotatable bonds is 0. The molecule has 3 nitrogen and oxygen atoms in total. The minimum Gasteiger partial charge on any atom is -0.852 e. The summed E-state index contributed by atoms with van der Waals surface area (Å²) in [5, 5.41) is 28.6. The third kappa shape index (κ3) is 284. The number of hydrogen-bond donors (Lipinski definition) is 0. The zero-order valence-corrected chi connectivity index (χ0v) is 18.0. The maximum atomic E-state index is 9.53. The second-order valence-electron chi connectivity index (χ2n) is 4.15. The Morgan fingerprint density at radius 3 is 1.00 bits per heavy atom. The zero-order valence-electron chi connectivity index (χ0n) is 16.4. The Morgan fingerprint density at radius 1 is 0.727 bits per heavy atom. The van der Waals surface area contributed by atoms with Gasteiger partial charge in [0.05, 0.1) is 0 Å². The van der Waals surface area contributed by atoms with Gasteiger partial charge in [0.1, 0.15) is 0 Å². The molecule has 0 heterocycles. The minimum atomic E-state index is -0.417. The maximum absolute atomic E-state index is 9.53. The maximum Gasteiger partial charge on any atom is 3.00 e. The summed E-state index contributed by atoms with van der Waals surface area (Å²) in [6, 6.07) is 0. The molecule has 0 aromatic carbocycles. The number of allylic oxidation sites excluding steroid dienone is 4. The van der Waals surface area contributed by atoms with Crippen molar-refractivity contribution in [3.05, 3.63) is 54.0 Å². The van der Waals surface area contributed by atoms with E-state index in [1.54, 1.807) is 41.5 Å². The van der Waals surface area contributed by atoms with Gasteiger partial charge in [-0.25, -0.2) is 12.2 Å². The molecule has 1 aliphatic rings. The van der Waals surface area contributed by atoms with E-state index in [0.717, 1.165) is 6.42 Å². The summed E-state index contributed by atoms with van der Waals surface area (Å²) in [5.74, 6) is 0. The van der Waals surface area contributed by atoms with Crippen LogP contribution in [0.3, 0.4) is 0 Å². The summed E-state index contributed by atoms with van der Waals surface area (Å²) in [4.78, 5) is 0. The molecule has 0 aliphatic heterocycles. The first-order chi connectivity index (χ1) is 7.70. The van der Waals surface area contributed by atoms with E-state index in [0.29, 0.717) is 0 Å². The summed E-state index contributed by atoms with van der Waals surface area (Å²) in [6.07, 6.45) is 8.75. The van der Waals surface area contributed by atoms with Crippen LogP contribution < -0.4 is 15.3 Å². The van der Waals surface area contributed by atoms with Crippen LogP contribution in [-0.4, -0.2) is 18.3 Å². The molecule has 0 saturated heterocycles. The van der Waals surface area contributed by atoms with Crippen molar-refractivity contribution in [2.45, 2.75) is 66.3 Å². The Labute approximate surface area is 157 Å². The molecule has 0 spiro atoms. The summed E-state index contributed by atoms with van der Waals surface area (Å²) >= 11 is 0. The molecule has 1 rings (SSSR count). The molecule has 0 aromatic rings. The average Bonchev–Trinajstić information content (AvgIpc) is 2.53. The third-order valence-electron chi connectivity index (χ3n) is 0.586. The molecule has 0 saturated carbocycles. The molecule has 0 amide bonds. The molecule has 1 aliphatic carbocycles. The van der Waals surface area contributed by atoms with Gasteiger partial charge < -0.3 is 45.0 Å². The average molecular weight is 350 g/mol. The molecular weight excluding hydrogens is 312 g/mol. The Hall–Kier alpha value is 0.0743. The van der Waals surface area contributed by atoms with Crippen molar-refractivity contribution < 1.29 is 37.0 Å². The number of hydrogen-bond acceptors (Lipinski definition) is 3. The Balaban J connectivity index is -0.0000000185. The van der Waals surface area contributed by atoms with Crippen LogP contribution in [0.5, 0.6) is 0 Å². The first-order valence-electron chi connectivity index (χ1n) is 5.89. The van der Waals surface area contributed by atoms with Crippen LogP contribution in [-0.2, 0) is 21.7 Å². The zero-order chi connectivity index (χ0) is 14.3. The molecule has 137 valence electrons. The van der Waals surface area contributed by atoms with E-state index in [4.69, 9.17) is 0 Å². The topological polar surface area (TPSA) is 69.2 Å². The molecule has 0 fully saturated rings. The van der Waals surface area contributed by atoms with Gasteiger partial charge in [0.2, 0.25) is 0 Å². The van der Waals surface area contributed by atoms with Gasteiger partial charge in [0.25, 0.3) is 0 Å². The van der Waals surface area contributed by atoms with E-state index in [2.05, 4.69) is 12.2 Å². The van der Waals surface area contributed by atoms with E-state index in [1.807, 2.05) is 12.2 Å². The van der Waals surface area contributed by atoms with E-state index in [9.17, 15) is 15.3 Å². The van der Waals surface area contributed by atoms with Crippen LogP contribution in [0.25, 0.3) is 0 Å². The molecular formula is C18H38O3Ti-5. The smallest absolute Gasteiger partial charge is 0.852 e. The fraction of sp³-hybridized carbons (Fsp3) is 0.556. The van der Waals surface area contributed by atoms with Crippen molar-refractivity contribution in [1.29, 1.82) is 0 Å². The second kappa shape index (κ2) is 42.9. The van der Waals surface area contributed by atoms with Crippen molar-refractivity contribution in [3.63, 3.8) is 0 Å². The first kappa shape index (κ1) is 49.5. The van der Waals surface area contributed by atoms with Gasteiger partial charge in [-0.3, -0.25) is 6.08 Å². The molecule has 0 bridgehead atoms. The van der Waals surface area contributed by atoms with Gasteiger partial charge in [0, 0.05) is 0 Å². The molecule has 0 N–H and O–H groups in total. The van der Waals surface area contributed by atoms with E-state index in [-0.39, 0.29) is 51.4 Å². The standard InChI is InChI=1S/C5H5.3C3H7O.4CH3.Ti/c1-2-4-5-3-1;3*1-3(2)4;;;;;/h1-3H,4H2;3*3H,1-2H3;4*1H3;/q8*-1;+3. The van der Waals surface area contributed by atoms with Crippen molar-refractivity contribution >= 4 is 0 Å². The van der Waals surface area contributed by atoms with Gasteiger partial charge in [0.15, 0.2) is 0 Å². The predicted octanol–water partition coefficient (Wildman–Crippen LogP) is 2.37. The second-order valence-corrected chi connectivity index (χ2v) is 4.15. The molecule has 0 unspecified atom stereocenters. The Bertz CT molecular complexity index is 145. The van der Waals surface area contributed by atoms with Crippen molar-refractivity contribution in [3.8, 4) is 0 Å². The van der Waals surface area contributed by atoms with Crippen LogP contribution in [0.4, 0.5) is 0 Å². The third-order valence-corrected chi connectivity index (χ3v) is 0.586.